The topological polar surface area (TPSA) is 66.5 Å². The first-order chi connectivity index (χ1) is 6.72. The van der Waals surface area contributed by atoms with Crippen LogP contribution in [0.5, 0.6) is 5.75 Å². The number of nitrogen functional groups attached to an aromatic ring is 1. The molecule has 2 aromatic carbocycles. The molecule has 0 spiro atoms. The summed E-state index contributed by atoms with van der Waals surface area (Å²) < 4.78 is 0. The molecule has 0 saturated heterocycles. The number of phenolic OH excluding ortho intramolecular Hbond substituents is 1. The lowest BCUT2D eigenvalue weighted by molar-refractivity contribution is 0.283. The lowest BCUT2D eigenvalue weighted by Gasteiger charge is -2.06. The highest BCUT2D eigenvalue weighted by Crippen LogP contribution is 2.27. The molecular weight excluding hydrogens is 178 g/mol. The third-order valence-corrected chi connectivity index (χ3v) is 2.29. The standard InChI is InChI=1S/C11H11NO2/c12-11-4-1-7(6-13)9-3-2-8(14)5-10(9)11/h1-5,13-14H,6,12H2. The molecule has 0 heterocycles. The minimum Gasteiger partial charge on any atom is -0.508 e. The zero-order chi connectivity index (χ0) is 10.1. The van der Waals surface area contributed by atoms with Crippen molar-refractivity contribution < 1.29 is 10.2 Å². The first-order valence-electron chi connectivity index (χ1n) is 4.33. The van der Waals surface area contributed by atoms with Gasteiger partial charge in [0, 0.05) is 11.1 Å². The molecule has 2 aromatic rings. The Hall–Kier alpha value is -1.74. The molecule has 0 saturated carbocycles. The molecule has 0 unspecified atom stereocenters. The molecule has 14 heavy (non-hydrogen) atoms. The molecule has 0 aliphatic carbocycles. The summed E-state index contributed by atoms with van der Waals surface area (Å²) in [5.74, 6) is 0.180. The SMILES string of the molecule is Nc1ccc(CO)c2ccc(O)cc12. The molecule has 3 nitrogen and oxygen atoms in total. The van der Waals surface area contributed by atoms with Crippen LogP contribution in [-0.2, 0) is 6.61 Å². The molecule has 0 radical (unpaired) electrons. The smallest absolute Gasteiger partial charge is 0.116 e. The summed E-state index contributed by atoms with van der Waals surface area (Å²) in [5, 5.41) is 20.0. The third kappa shape index (κ3) is 1.28. The van der Waals surface area contributed by atoms with Gasteiger partial charge in [0.15, 0.2) is 0 Å². The van der Waals surface area contributed by atoms with Crippen molar-refractivity contribution in [2.45, 2.75) is 6.61 Å². The molecule has 0 atom stereocenters. The van der Waals surface area contributed by atoms with E-state index in [1.165, 1.54) is 0 Å². The van der Waals surface area contributed by atoms with E-state index in [0.29, 0.717) is 5.69 Å². The lowest BCUT2D eigenvalue weighted by Crippen LogP contribution is -1.91. The molecule has 0 amide bonds. The number of hydrogen-bond acceptors (Lipinski definition) is 3. The van der Waals surface area contributed by atoms with Crippen LogP contribution in [0.3, 0.4) is 0 Å². The van der Waals surface area contributed by atoms with Crippen LogP contribution in [0.4, 0.5) is 5.69 Å². The summed E-state index contributed by atoms with van der Waals surface area (Å²) in [6.07, 6.45) is 0. The van der Waals surface area contributed by atoms with Crippen molar-refractivity contribution in [2.75, 3.05) is 5.73 Å². The Morgan fingerprint density at radius 2 is 1.86 bits per heavy atom. The molecule has 0 bridgehead atoms. The Kier molecular flexibility index (Phi) is 2.02. The fraction of sp³-hybridized carbons (Fsp3) is 0.0909. The van der Waals surface area contributed by atoms with Gasteiger partial charge in [0.05, 0.1) is 6.61 Å². The maximum absolute atomic E-state index is 9.30. The van der Waals surface area contributed by atoms with Gasteiger partial charge < -0.3 is 15.9 Å². The first-order valence-corrected chi connectivity index (χ1v) is 4.33. The van der Waals surface area contributed by atoms with Crippen LogP contribution in [0.1, 0.15) is 5.56 Å². The minimum absolute atomic E-state index is 0.0262. The zero-order valence-electron chi connectivity index (χ0n) is 7.57. The van der Waals surface area contributed by atoms with E-state index in [1.54, 1.807) is 30.3 Å². The second-order valence-electron chi connectivity index (χ2n) is 3.20. The second-order valence-corrected chi connectivity index (χ2v) is 3.20. The summed E-state index contributed by atoms with van der Waals surface area (Å²) in [5.41, 5.74) is 7.17. The lowest BCUT2D eigenvalue weighted by atomic mass is 10.0. The minimum atomic E-state index is -0.0262. The van der Waals surface area contributed by atoms with Crippen LogP contribution >= 0.6 is 0 Å². The van der Waals surface area contributed by atoms with Crippen molar-refractivity contribution in [3.8, 4) is 5.75 Å². The van der Waals surface area contributed by atoms with E-state index < -0.39 is 0 Å². The Morgan fingerprint density at radius 1 is 1.07 bits per heavy atom. The molecule has 0 aromatic heterocycles. The Bertz CT molecular complexity index is 480. The number of anilines is 1. The number of hydrogen-bond donors (Lipinski definition) is 3. The number of fused-ring (bicyclic) bond motifs is 1. The van der Waals surface area contributed by atoms with Gasteiger partial charge in [-0.15, -0.1) is 0 Å². The highest BCUT2D eigenvalue weighted by atomic mass is 16.3. The molecular formula is C11H11NO2. The maximum Gasteiger partial charge on any atom is 0.116 e. The molecule has 0 fully saturated rings. The van der Waals surface area contributed by atoms with Gasteiger partial charge >= 0.3 is 0 Å². The van der Waals surface area contributed by atoms with Crippen LogP contribution < -0.4 is 5.73 Å². The van der Waals surface area contributed by atoms with E-state index in [-0.39, 0.29) is 12.4 Å². The third-order valence-electron chi connectivity index (χ3n) is 2.29. The largest absolute Gasteiger partial charge is 0.508 e. The van der Waals surface area contributed by atoms with Crippen molar-refractivity contribution in [1.29, 1.82) is 0 Å². The molecule has 4 N–H and O–H groups in total. The fourth-order valence-corrected chi connectivity index (χ4v) is 1.56. The van der Waals surface area contributed by atoms with E-state index in [0.717, 1.165) is 16.3 Å². The second kappa shape index (κ2) is 3.20. The number of aliphatic hydroxyl groups is 1. The van der Waals surface area contributed by atoms with Gasteiger partial charge in [0.1, 0.15) is 5.75 Å². The number of benzene rings is 2. The van der Waals surface area contributed by atoms with Gasteiger partial charge in [-0.1, -0.05) is 12.1 Å². The first kappa shape index (κ1) is 8.84. The van der Waals surface area contributed by atoms with Gasteiger partial charge in [0.25, 0.3) is 0 Å². The van der Waals surface area contributed by atoms with E-state index in [1.807, 2.05) is 0 Å². The number of phenols is 1. The maximum atomic E-state index is 9.30. The van der Waals surface area contributed by atoms with Gasteiger partial charge in [0.2, 0.25) is 0 Å². The summed E-state index contributed by atoms with van der Waals surface area (Å²) in [6, 6.07) is 8.46. The van der Waals surface area contributed by atoms with Crippen LogP contribution in [0, 0.1) is 0 Å². The number of aliphatic hydroxyl groups excluding tert-OH is 1. The van der Waals surface area contributed by atoms with Crippen molar-refractivity contribution >= 4 is 16.5 Å². The quantitative estimate of drug-likeness (QED) is 0.597. The fourth-order valence-electron chi connectivity index (χ4n) is 1.56. The summed E-state index contributed by atoms with van der Waals surface area (Å²) >= 11 is 0. The van der Waals surface area contributed by atoms with E-state index >= 15 is 0 Å². The Balaban J connectivity index is 2.84. The van der Waals surface area contributed by atoms with Crippen LogP contribution in [0.25, 0.3) is 10.8 Å². The number of rotatable bonds is 1. The average Bonchev–Trinajstić information content (AvgIpc) is 2.19. The molecule has 0 aliphatic rings. The van der Waals surface area contributed by atoms with Crippen molar-refractivity contribution in [2.24, 2.45) is 0 Å². The summed E-state index contributed by atoms with van der Waals surface area (Å²) in [4.78, 5) is 0. The highest BCUT2D eigenvalue weighted by Gasteiger charge is 2.03. The van der Waals surface area contributed by atoms with Gasteiger partial charge in [-0.05, 0) is 29.1 Å². The van der Waals surface area contributed by atoms with E-state index in [9.17, 15) is 5.11 Å². The monoisotopic (exact) mass is 189 g/mol. The highest BCUT2D eigenvalue weighted by molar-refractivity contribution is 5.95. The molecule has 3 heteroatoms. The van der Waals surface area contributed by atoms with Crippen molar-refractivity contribution in [3.05, 3.63) is 35.9 Å². The van der Waals surface area contributed by atoms with Gasteiger partial charge in [-0.2, -0.15) is 0 Å². The summed E-state index contributed by atoms with van der Waals surface area (Å²) in [7, 11) is 0. The van der Waals surface area contributed by atoms with E-state index in [4.69, 9.17) is 10.8 Å². The zero-order valence-corrected chi connectivity index (χ0v) is 7.57. The molecule has 0 aliphatic heterocycles. The van der Waals surface area contributed by atoms with Gasteiger partial charge in [-0.3, -0.25) is 0 Å². The van der Waals surface area contributed by atoms with Crippen LogP contribution in [0.15, 0.2) is 30.3 Å². The normalized spacial score (nSPS) is 10.6. The van der Waals surface area contributed by atoms with E-state index in [2.05, 4.69) is 0 Å². The predicted octanol–water partition coefficient (Wildman–Crippen LogP) is 1.62. The van der Waals surface area contributed by atoms with Crippen molar-refractivity contribution in [3.63, 3.8) is 0 Å². The predicted molar refractivity (Wildman–Crippen MR) is 55.9 cm³/mol. The Morgan fingerprint density at radius 3 is 2.57 bits per heavy atom. The van der Waals surface area contributed by atoms with Crippen LogP contribution in [-0.4, -0.2) is 10.2 Å². The average molecular weight is 189 g/mol. The number of aromatic hydroxyl groups is 1. The summed E-state index contributed by atoms with van der Waals surface area (Å²) in [6.45, 7) is -0.0262. The van der Waals surface area contributed by atoms with Crippen LogP contribution in [0.2, 0.25) is 0 Å². The number of nitrogens with two attached hydrogens (primary N) is 1. The molecule has 2 rings (SSSR count). The Labute approximate surface area is 81.4 Å². The van der Waals surface area contributed by atoms with Crippen molar-refractivity contribution in [1.82, 2.24) is 0 Å². The van der Waals surface area contributed by atoms with Gasteiger partial charge in [-0.25, -0.2) is 0 Å². The molecule has 72 valence electrons.